The maximum absolute atomic E-state index is 2.43. The molecule has 0 N–H and O–H groups in total. The van der Waals surface area contributed by atoms with Gasteiger partial charge in [-0.05, 0) is 215 Å². The summed E-state index contributed by atoms with van der Waals surface area (Å²) in [6.45, 7) is 30.7. The molecule has 210 valence electrons. The van der Waals surface area contributed by atoms with E-state index in [0.29, 0.717) is 0 Å². The SMILES string of the molecule is Cc1cc(C)c(C)c(CCc2c(C)c(C)c(-c3c(C)c(C)c(C4CCC(C)CC4)c(C)c3C)c(C)c2C)c1C. The smallest absolute Gasteiger partial charge is 0.0114 e. The van der Waals surface area contributed by atoms with Crippen molar-refractivity contribution in [2.75, 3.05) is 0 Å². The lowest BCUT2D eigenvalue weighted by Crippen LogP contribution is -2.15. The van der Waals surface area contributed by atoms with Crippen LogP contribution in [-0.4, -0.2) is 0 Å². The summed E-state index contributed by atoms with van der Waals surface area (Å²) in [5.41, 5.74) is 25.6. The number of rotatable bonds is 5. The molecule has 0 atom stereocenters. The third-order valence-corrected chi connectivity index (χ3v) is 11.3. The first kappa shape index (κ1) is 29.6. The first-order chi connectivity index (χ1) is 18.3. The van der Waals surface area contributed by atoms with Gasteiger partial charge in [0.15, 0.2) is 0 Å². The molecule has 1 aliphatic carbocycles. The Morgan fingerprint density at radius 3 is 1.23 bits per heavy atom. The molecular formula is C39H54. The van der Waals surface area contributed by atoms with Gasteiger partial charge in [0.2, 0.25) is 0 Å². The second kappa shape index (κ2) is 11.3. The van der Waals surface area contributed by atoms with E-state index >= 15 is 0 Å². The van der Waals surface area contributed by atoms with Gasteiger partial charge in [-0.3, -0.25) is 0 Å². The van der Waals surface area contributed by atoms with Gasteiger partial charge in [-0.2, -0.15) is 0 Å². The van der Waals surface area contributed by atoms with Gasteiger partial charge in [0, 0.05) is 0 Å². The minimum atomic E-state index is 0.734. The third kappa shape index (κ3) is 5.14. The predicted octanol–water partition coefficient (Wildman–Crippen LogP) is 11.1. The van der Waals surface area contributed by atoms with E-state index in [0.717, 1.165) is 24.7 Å². The van der Waals surface area contributed by atoms with Crippen molar-refractivity contribution in [1.29, 1.82) is 0 Å². The molecule has 0 bridgehead atoms. The number of aryl methyl sites for hydroxylation is 2. The van der Waals surface area contributed by atoms with Crippen LogP contribution in [0, 0.1) is 89.0 Å². The number of benzene rings is 3. The van der Waals surface area contributed by atoms with Crippen LogP contribution in [0.5, 0.6) is 0 Å². The van der Waals surface area contributed by atoms with Gasteiger partial charge in [0.25, 0.3) is 0 Å². The standard InChI is InChI=1S/C39H54/c1-21-14-16-34(17-15-21)37-30(10)32(12)39(33(13)31(37)11)38-28(8)26(6)36(27(7)29(38)9)19-18-35-24(4)22(2)20-23(3)25(35)5/h20-21,34H,14-19H2,1-13H3. The van der Waals surface area contributed by atoms with E-state index in [1.54, 1.807) is 27.8 Å². The maximum Gasteiger partial charge on any atom is -0.0114 e. The van der Waals surface area contributed by atoms with Crippen molar-refractivity contribution in [3.05, 3.63) is 89.5 Å². The summed E-state index contributed by atoms with van der Waals surface area (Å²) in [5.74, 6) is 1.62. The van der Waals surface area contributed by atoms with E-state index in [2.05, 4.69) is 96.1 Å². The van der Waals surface area contributed by atoms with Crippen LogP contribution in [0.1, 0.15) is 122 Å². The zero-order valence-electron chi connectivity index (χ0n) is 27.5. The normalized spacial score (nSPS) is 17.7. The monoisotopic (exact) mass is 522 g/mol. The Labute approximate surface area is 240 Å². The Balaban J connectivity index is 1.80. The highest BCUT2D eigenvalue weighted by Crippen LogP contribution is 2.45. The third-order valence-electron chi connectivity index (χ3n) is 11.3. The van der Waals surface area contributed by atoms with Crippen LogP contribution in [-0.2, 0) is 12.8 Å². The summed E-state index contributed by atoms with van der Waals surface area (Å²) >= 11 is 0. The molecule has 39 heavy (non-hydrogen) atoms. The molecule has 0 unspecified atom stereocenters. The maximum atomic E-state index is 2.43. The molecule has 1 fully saturated rings. The average Bonchev–Trinajstić information content (AvgIpc) is 2.90. The Kier molecular flexibility index (Phi) is 8.56. The van der Waals surface area contributed by atoms with Crippen LogP contribution in [0.3, 0.4) is 0 Å². The van der Waals surface area contributed by atoms with Crippen molar-refractivity contribution in [3.8, 4) is 11.1 Å². The molecule has 0 spiro atoms. The van der Waals surface area contributed by atoms with Crippen LogP contribution in [0.2, 0.25) is 0 Å². The van der Waals surface area contributed by atoms with E-state index < -0.39 is 0 Å². The molecule has 1 saturated carbocycles. The molecular weight excluding hydrogens is 468 g/mol. The molecule has 1 aliphatic rings. The van der Waals surface area contributed by atoms with E-state index in [1.165, 1.54) is 92.4 Å². The fourth-order valence-corrected chi connectivity index (χ4v) is 7.94. The summed E-state index contributed by atoms with van der Waals surface area (Å²) in [6.07, 6.45) is 7.69. The fourth-order valence-electron chi connectivity index (χ4n) is 7.94. The van der Waals surface area contributed by atoms with Gasteiger partial charge < -0.3 is 0 Å². The minimum Gasteiger partial charge on any atom is -0.0625 e. The van der Waals surface area contributed by atoms with Gasteiger partial charge in [0.05, 0.1) is 0 Å². The molecule has 0 aromatic heterocycles. The summed E-state index contributed by atoms with van der Waals surface area (Å²) in [5, 5.41) is 0. The van der Waals surface area contributed by atoms with Gasteiger partial charge in [0.1, 0.15) is 0 Å². The summed E-state index contributed by atoms with van der Waals surface area (Å²) in [7, 11) is 0. The molecule has 0 amide bonds. The van der Waals surface area contributed by atoms with Crippen molar-refractivity contribution in [1.82, 2.24) is 0 Å². The Hall–Kier alpha value is -2.34. The summed E-state index contributed by atoms with van der Waals surface area (Å²) < 4.78 is 0. The molecule has 0 aliphatic heterocycles. The van der Waals surface area contributed by atoms with Gasteiger partial charge in [-0.25, -0.2) is 0 Å². The summed E-state index contributed by atoms with van der Waals surface area (Å²) in [4.78, 5) is 0. The van der Waals surface area contributed by atoms with Crippen LogP contribution in [0.15, 0.2) is 6.07 Å². The molecule has 3 aromatic rings. The topological polar surface area (TPSA) is 0 Å². The first-order valence-electron chi connectivity index (χ1n) is 15.5. The minimum absolute atomic E-state index is 0.734. The van der Waals surface area contributed by atoms with Crippen LogP contribution in [0.25, 0.3) is 11.1 Å². The van der Waals surface area contributed by atoms with Gasteiger partial charge >= 0.3 is 0 Å². The highest BCUT2D eigenvalue weighted by atomic mass is 14.3. The van der Waals surface area contributed by atoms with Crippen molar-refractivity contribution < 1.29 is 0 Å². The molecule has 0 nitrogen and oxygen atoms in total. The molecule has 0 saturated heterocycles. The van der Waals surface area contributed by atoms with Crippen molar-refractivity contribution >= 4 is 0 Å². The largest absolute Gasteiger partial charge is 0.0625 e. The predicted molar refractivity (Wildman–Crippen MR) is 173 cm³/mol. The fraction of sp³-hybridized carbons (Fsp3) is 0.538. The Morgan fingerprint density at radius 1 is 0.462 bits per heavy atom. The first-order valence-corrected chi connectivity index (χ1v) is 15.5. The Morgan fingerprint density at radius 2 is 0.821 bits per heavy atom. The summed E-state index contributed by atoms with van der Waals surface area (Å²) in [6, 6.07) is 2.35. The van der Waals surface area contributed by atoms with E-state index in [4.69, 9.17) is 0 Å². The molecule has 4 rings (SSSR count). The van der Waals surface area contributed by atoms with Crippen molar-refractivity contribution in [3.63, 3.8) is 0 Å². The number of hydrogen-bond donors (Lipinski definition) is 0. The van der Waals surface area contributed by atoms with Crippen LogP contribution in [0.4, 0.5) is 0 Å². The van der Waals surface area contributed by atoms with Crippen molar-refractivity contribution in [2.24, 2.45) is 5.92 Å². The van der Waals surface area contributed by atoms with Crippen molar-refractivity contribution in [2.45, 2.75) is 134 Å². The highest BCUT2D eigenvalue weighted by Gasteiger charge is 2.27. The Bertz CT molecular complexity index is 1340. The quantitative estimate of drug-likeness (QED) is 0.312. The molecule has 3 aromatic carbocycles. The zero-order valence-corrected chi connectivity index (χ0v) is 27.5. The second-order valence-corrected chi connectivity index (χ2v) is 13.3. The zero-order chi connectivity index (χ0) is 28.9. The lowest BCUT2D eigenvalue weighted by Gasteiger charge is -2.32. The van der Waals surface area contributed by atoms with E-state index in [-0.39, 0.29) is 0 Å². The van der Waals surface area contributed by atoms with E-state index in [1.807, 2.05) is 0 Å². The van der Waals surface area contributed by atoms with Crippen LogP contribution < -0.4 is 0 Å². The van der Waals surface area contributed by atoms with Gasteiger partial charge in [-0.15, -0.1) is 0 Å². The van der Waals surface area contributed by atoms with Crippen LogP contribution >= 0.6 is 0 Å². The lowest BCUT2D eigenvalue weighted by atomic mass is 9.73. The second-order valence-electron chi connectivity index (χ2n) is 13.3. The highest BCUT2D eigenvalue weighted by molar-refractivity contribution is 5.81. The van der Waals surface area contributed by atoms with Gasteiger partial charge in [-0.1, -0.05) is 25.8 Å². The molecule has 0 heterocycles. The number of hydrogen-bond acceptors (Lipinski definition) is 0. The average molecular weight is 523 g/mol. The van der Waals surface area contributed by atoms with E-state index in [9.17, 15) is 0 Å². The lowest BCUT2D eigenvalue weighted by molar-refractivity contribution is 0.346. The molecule has 0 heteroatoms. The molecule has 0 radical (unpaired) electrons.